The summed E-state index contributed by atoms with van der Waals surface area (Å²) in [6.07, 6.45) is 1.04. The Kier molecular flexibility index (Phi) is 5.71. The van der Waals surface area contributed by atoms with Crippen LogP contribution in [0.25, 0.3) is 0 Å². The molecule has 0 aliphatic carbocycles. The molecule has 0 rings (SSSR count). The van der Waals surface area contributed by atoms with Crippen LogP contribution in [0.5, 0.6) is 0 Å². The first-order valence-electron chi connectivity index (χ1n) is 4.47. The first-order chi connectivity index (χ1) is 6.35. The minimum atomic E-state index is -3.09. The van der Waals surface area contributed by atoms with Gasteiger partial charge in [-0.15, -0.1) is 0 Å². The summed E-state index contributed by atoms with van der Waals surface area (Å²) in [7, 11) is -3.09. The summed E-state index contributed by atoms with van der Waals surface area (Å²) in [6, 6.07) is 0. The number of carbonyl (C=O) groups excluding carboxylic acids is 1. The topological polar surface area (TPSA) is 83.5 Å². The van der Waals surface area contributed by atoms with Crippen molar-refractivity contribution in [3.05, 3.63) is 0 Å². The smallest absolute Gasteiger partial charge is 0.221 e. The lowest BCUT2D eigenvalue weighted by Gasteiger charge is -2.08. The summed E-state index contributed by atoms with van der Waals surface area (Å²) < 4.78 is 21.4. The zero-order chi connectivity index (χ0) is 11.2. The molecule has 14 heavy (non-hydrogen) atoms. The molecule has 0 saturated heterocycles. The fourth-order valence-corrected chi connectivity index (χ4v) is 1.30. The number of aliphatic hydroxyl groups excluding tert-OH is 1. The van der Waals surface area contributed by atoms with E-state index >= 15 is 0 Å². The fraction of sp³-hybridized carbons (Fsp3) is 0.875. The van der Waals surface area contributed by atoms with Gasteiger partial charge >= 0.3 is 0 Å². The number of carbonyl (C=O) groups is 1. The lowest BCUT2D eigenvalue weighted by molar-refractivity contribution is -0.121. The van der Waals surface area contributed by atoms with E-state index in [-0.39, 0.29) is 24.6 Å². The lowest BCUT2D eigenvalue weighted by atomic mass is 10.3. The van der Waals surface area contributed by atoms with Gasteiger partial charge < -0.3 is 10.4 Å². The highest BCUT2D eigenvalue weighted by atomic mass is 32.2. The van der Waals surface area contributed by atoms with Gasteiger partial charge in [0.15, 0.2) is 0 Å². The second-order valence-corrected chi connectivity index (χ2v) is 5.51. The van der Waals surface area contributed by atoms with Gasteiger partial charge in [-0.25, -0.2) is 8.42 Å². The standard InChI is InChI=1S/C8H17NO4S/c1-3-7(10)6-9-8(11)4-5-14(2,12)13/h7,10H,3-6H2,1-2H3,(H,9,11). The van der Waals surface area contributed by atoms with Gasteiger partial charge in [-0.3, -0.25) is 4.79 Å². The first kappa shape index (κ1) is 13.4. The molecule has 0 bridgehead atoms. The van der Waals surface area contributed by atoms with E-state index in [1.807, 2.05) is 0 Å². The molecule has 0 aliphatic heterocycles. The van der Waals surface area contributed by atoms with Gasteiger partial charge in [0.25, 0.3) is 0 Å². The van der Waals surface area contributed by atoms with Crippen LogP contribution < -0.4 is 5.32 Å². The molecule has 0 saturated carbocycles. The maximum absolute atomic E-state index is 11.0. The normalized spacial score (nSPS) is 13.6. The molecular weight excluding hydrogens is 206 g/mol. The van der Waals surface area contributed by atoms with Crippen LogP contribution >= 0.6 is 0 Å². The molecule has 1 unspecified atom stereocenters. The van der Waals surface area contributed by atoms with Crippen LogP contribution in [0, 0.1) is 0 Å². The molecule has 0 aromatic heterocycles. The summed E-state index contributed by atoms with van der Waals surface area (Å²) in [5.41, 5.74) is 0. The summed E-state index contributed by atoms with van der Waals surface area (Å²) in [5, 5.41) is 11.6. The van der Waals surface area contributed by atoms with Crippen molar-refractivity contribution in [1.29, 1.82) is 0 Å². The first-order valence-corrected chi connectivity index (χ1v) is 6.53. The van der Waals surface area contributed by atoms with Crippen molar-refractivity contribution < 1.29 is 18.3 Å². The van der Waals surface area contributed by atoms with Crippen LogP contribution in [0.15, 0.2) is 0 Å². The van der Waals surface area contributed by atoms with Crippen LogP contribution in [0.4, 0.5) is 0 Å². The molecule has 0 aliphatic rings. The second kappa shape index (κ2) is 5.98. The van der Waals surface area contributed by atoms with Crippen molar-refractivity contribution in [3.8, 4) is 0 Å². The van der Waals surface area contributed by atoms with E-state index in [1.54, 1.807) is 6.92 Å². The number of amides is 1. The van der Waals surface area contributed by atoms with Crippen molar-refractivity contribution in [2.24, 2.45) is 0 Å². The Labute approximate surface area is 84.4 Å². The maximum Gasteiger partial charge on any atom is 0.221 e. The van der Waals surface area contributed by atoms with Gasteiger partial charge in [-0.2, -0.15) is 0 Å². The highest BCUT2D eigenvalue weighted by Crippen LogP contribution is 1.90. The minimum absolute atomic E-state index is 0.0464. The van der Waals surface area contributed by atoms with E-state index < -0.39 is 15.9 Å². The second-order valence-electron chi connectivity index (χ2n) is 3.25. The Morgan fingerprint density at radius 3 is 2.50 bits per heavy atom. The molecule has 0 aromatic carbocycles. The van der Waals surface area contributed by atoms with Gasteiger partial charge in [0, 0.05) is 19.2 Å². The van der Waals surface area contributed by atoms with Gasteiger partial charge in [0.05, 0.1) is 11.9 Å². The van der Waals surface area contributed by atoms with E-state index in [9.17, 15) is 13.2 Å². The number of rotatable bonds is 6. The Hall–Kier alpha value is -0.620. The summed E-state index contributed by atoms with van der Waals surface area (Å²) in [4.78, 5) is 11.0. The van der Waals surface area contributed by atoms with Crippen molar-refractivity contribution in [1.82, 2.24) is 5.32 Å². The predicted octanol–water partition coefficient (Wildman–Crippen LogP) is -0.692. The van der Waals surface area contributed by atoms with E-state index in [0.717, 1.165) is 6.26 Å². The quantitative estimate of drug-likeness (QED) is 0.624. The van der Waals surface area contributed by atoms with E-state index in [0.29, 0.717) is 6.42 Å². The number of hydrogen-bond acceptors (Lipinski definition) is 4. The van der Waals surface area contributed by atoms with Gasteiger partial charge in [0.1, 0.15) is 9.84 Å². The Morgan fingerprint density at radius 1 is 1.50 bits per heavy atom. The molecule has 6 heteroatoms. The molecule has 1 amide bonds. The number of nitrogens with one attached hydrogen (secondary N) is 1. The number of sulfone groups is 1. The highest BCUT2D eigenvalue weighted by Gasteiger charge is 2.08. The summed E-state index contributed by atoms with van der Waals surface area (Å²) in [5.74, 6) is -0.496. The van der Waals surface area contributed by atoms with Gasteiger partial charge in [-0.1, -0.05) is 6.92 Å². The molecule has 0 spiro atoms. The minimum Gasteiger partial charge on any atom is -0.391 e. The zero-order valence-corrected chi connectivity index (χ0v) is 9.30. The predicted molar refractivity (Wildman–Crippen MR) is 53.6 cm³/mol. The Balaban J connectivity index is 3.67. The van der Waals surface area contributed by atoms with Crippen molar-refractivity contribution in [2.75, 3.05) is 18.6 Å². The fourth-order valence-electron chi connectivity index (χ4n) is 0.742. The monoisotopic (exact) mass is 223 g/mol. The van der Waals surface area contributed by atoms with Crippen molar-refractivity contribution in [2.45, 2.75) is 25.9 Å². The van der Waals surface area contributed by atoms with Crippen LogP contribution in [-0.4, -0.2) is 44.1 Å². The molecule has 0 aromatic rings. The van der Waals surface area contributed by atoms with Crippen LogP contribution in [-0.2, 0) is 14.6 Å². The SMILES string of the molecule is CCC(O)CNC(=O)CCS(C)(=O)=O. The van der Waals surface area contributed by atoms with E-state index in [2.05, 4.69) is 5.32 Å². The Bertz CT molecular complexity index is 273. The zero-order valence-electron chi connectivity index (χ0n) is 8.49. The lowest BCUT2D eigenvalue weighted by Crippen LogP contribution is -2.32. The van der Waals surface area contributed by atoms with E-state index in [4.69, 9.17) is 5.11 Å². The third kappa shape index (κ3) is 8.00. The molecule has 0 fully saturated rings. The summed E-state index contributed by atoms with van der Waals surface area (Å²) in [6.45, 7) is 1.98. The molecule has 84 valence electrons. The third-order valence-electron chi connectivity index (χ3n) is 1.71. The average Bonchev–Trinajstić information content (AvgIpc) is 2.09. The molecule has 1 atom stereocenters. The van der Waals surface area contributed by atoms with Crippen LogP contribution in [0.3, 0.4) is 0 Å². The van der Waals surface area contributed by atoms with E-state index in [1.165, 1.54) is 0 Å². The number of hydrogen-bond donors (Lipinski definition) is 2. The highest BCUT2D eigenvalue weighted by molar-refractivity contribution is 7.90. The molecule has 0 radical (unpaired) electrons. The third-order valence-corrected chi connectivity index (χ3v) is 2.65. The molecular formula is C8H17NO4S. The van der Waals surface area contributed by atoms with Gasteiger partial charge in [-0.05, 0) is 6.42 Å². The largest absolute Gasteiger partial charge is 0.391 e. The summed E-state index contributed by atoms with van der Waals surface area (Å²) >= 11 is 0. The van der Waals surface area contributed by atoms with Crippen molar-refractivity contribution in [3.63, 3.8) is 0 Å². The maximum atomic E-state index is 11.0. The van der Waals surface area contributed by atoms with Gasteiger partial charge in [0.2, 0.25) is 5.91 Å². The Morgan fingerprint density at radius 2 is 2.07 bits per heavy atom. The number of aliphatic hydroxyl groups is 1. The average molecular weight is 223 g/mol. The molecule has 5 nitrogen and oxygen atoms in total. The van der Waals surface area contributed by atoms with Crippen LogP contribution in [0.1, 0.15) is 19.8 Å². The van der Waals surface area contributed by atoms with Crippen molar-refractivity contribution >= 4 is 15.7 Å². The molecule has 2 N–H and O–H groups in total. The molecule has 0 heterocycles. The van der Waals surface area contributed by atoms with Crippen LogP contribution in [0.2, 0.25) is 0 Å².